The van der Waals surface area contributed by atoms with Crippen molar-refractivity contribution in [3.8, 4) is 0 Å². The van der Waals surface area contributed by atoms with Gasteiger partial charge in [-0.2, -0.15) is 13.2 Å². The molecule has 1 saturated heterocycles. The first kappa shape index (κ1) is 24.4. The quantitative estimate of drug-likeness (QED) is 0.514. The van der Waals surface area contributed by atoms with Gasteiger partial charge in [-0.25, -0.2) is 0 Å². The summed E-state index contributed by atoms with van der Waals surface area (Å²) in [5.41, 5.74) is 2.93. The van der Waals surface area contributed by atoms with Gasteiger partial charge in [0.2, 0.25) is 5.91 Å². The SMILES string of the molecule is CC(NC(=O)C1Cc2cc(C(F)(F)F)ccc2N2CCN(Cc3ccccc3)CC12)c1ccccc1. The monoisotopic (exact) mass is 493 g/mol. The maximum atomic E-state index is 13.6. The number of hydrogen-bond donors (Lipinski definition) is 1. The number of piperazine rings is 1. The zero-order valence-electron chi connectivity index (χ0n) is 20.2. The van der Waals surface area contributed by atoms with Crippen molar-refractivity contribution >= 4 is 11.6 Å². The number of fused-ring (bicyclic) bond motifs is 3. The first-order valence-corrected chi connectivity index (χ1v) is 12.4. The summed E-state index contributed by atoms with van der Waals surface area (Å²) in [5, 5.41) is 3.13. The van der Waals surface area contributed by atoms with E-state index >= 15 is 0 Å². The van der Waals surface area contributed by atoms with Crippen molar-refractivity contribution in [2.75, 3.05) is 24.5 Å². The van der Waals surface area contributed by atoms with E-state index in [0.29, 0.717) is 18.7 Å². The van der Waals surface area contributed by atoms with Crippen LogP contribution >= 0.6 is 0 Å². The number of carbonyl (C=O) groups is 1. The Hall–Kier alpha value is -3.32. The van der Waals surface area contributed by atoms with Crippen molar-refractivity contribution in [2.45, 2.75) is 38.1 Å². The van der Waals surface area contributed by atoms with Crippen molar-refractivity contribution in [3.05, 3.63) is 101 Å². The first-order valence-electron chi connectivity index (χ1n) is 12.4. The third-order valence-electron chi connectivity index (χ3n) is 7.37. The van der Waals surface area contributed by atoms with Crippen LogP contribution in [-0.4, -0.2) is 36.5 Å². The Morgan fingerprint density at radius 1 is 1.00 bits per heavy atom. The minimum Gasteiger partial charge on any atom is -0.365 e. The molecule has 1 amide bonds. The van der Waals surface area contributed by atoms with E-state index in [2.05, 4.69) is 27.2 Å². The zero-order valence-corrected chi connectivity index (χ0v) is 20.2. The molecule has 3 aromatic carbocycles. The third-order valence-corrected chi connectivity index (χ3v) is 7.37. The number of nitrogens with one attached hydrogen (secondary N) is 1. The van der Waals surface area contributed by atoms with E-state index in [1.54, 1.807) is 6.07 Å². The van der Waals surface area contributed by atoms with Crippen LogP contribution in [0.25, 0.3) is 0 Å². The molecular weight excluding hydrogens is 463 g/mol. The van der Waals surface area contributed by atoms with Crippen LogP contribution in [0.5, 0.6) is 0 Å². The molecule has 3 atom stereocenters. The van der Waals surface area contributed by atoms with E-state index in [1.165, 1.54) is 11.6 Å². The molecule has 7 heteroatoms. The maximum Gasteiger partial charge on any atom is 0.416 e. The molecule has 5 rings (SSSR count). The van der Waals surface area contributed by atoms with Crippen LogP contribution in [0.15, 0.2) is 78.9 Å². The lowest BCUT2D eigenvalue weighted by atomic mass is 9.82. The lowest BCUT2D eigenvalue weighted by molar-refractivity contribution is -0.137. The van der Waals surface area contributed by atoms with E-state index < -0.39 is 17.7 Å². The van der Waals surface area contributed by atoms with Crippen LogP contribution in [0.4, 0.5) is 18.9 Å². The number of anilines is 1. The van der Waals surface area contributed by atoms with Crippen molar-refractivity contribution in [2.24, 2.45) is 5.92 Å². The van der Waals surface area contributed by atoms with Gasteiger partial charge in [0, 0.05) is 31.9 Å². The van der Waals surface area contributed by atoms with Crippen LogP contribution in [0.1, 0.15) is 35.2 Å². The number of amides is 1. The Morgan fingerprint density at radius 3 is 2.39 bits per heavy atom. The minimum atomic E-state index is -4.42. The second kappa shape index (κ2) is 9.97. The molecular formula is C29H30F3N3O. The summed E-state index contributed by atoms with van der Waals surface area (Å²) in [6, 6.07) is 23.6. The second-order valence-electron chi connectivity index (χ2n) is 9.77. The molecule has 0 aromatic heterocycles. The standard InChI is InChI=1S/C29H30F3N3O/c1-20(22-10-6-3-7-11-22)33-28(36)25-17-23-16-24(29(30,31)32)12-13-26(23)35-15-14-34(19-27(25)35)18-21-8-4-2-5-9-21/h2-13,16,20,25,27H,14-15,17-19H2,1H3,(H,33,36). The number of alkyl halides is 3. The van der Waals surface area contributed by atoms with Crippen LogP contribution < -0.4 is 10.2 Å². The van der Waals surface area contributed by atoms with E-state index in [-0.39, 0.29) is 24.4 Å². The van der Waals surface area contributed by atoms with E-state index in [9.17, 15) is 18.0 Å². The average Bonchev–Trinajstić information content (AvgIpc) is 2.88. The molecule has 0 aliphatic carbocycles. The molecule has 0 bridgehead atoms. The maximum absolute atomic E-state index is 13.6. The number of benzene rings is 3. The Balaban J connectivity index is 1.42. The van der Waals surface area contributed by atoms with Crippen molar-refractivity contribution in [1.82, 2.24) is 10.2 Å². The van der Waals surface area contributed by atoms with Gasteiger partial charge in [0.15, 0.2) is 0 Å². The van der Waals surface area contributed by atoms with Gasteiger partial charge in [0.1, 0.15) is 0 Å². The molecule has 0 radical (unpaired) electrons. The van der Waals surface area contributed by atoms with E-state index in [1.807, 2.05) is 55.5 Å². The minimum absolute atomic E-state index is 0.116. The molecule has 4 nitrogen and oxygen atoms in total. The summed E-state index contributed by atoms with van der Waals surface area (Å²) in [7, 11) is 0. The smallest absolute Gasteiger partial charge is 0.365 e. The van der Waals surface area contributed by atoms with Crippen LogP contribution in [0, 0.1) is 5.92 Å². The summed E-state index contributed by atoms with van der Waals surface area (Å²) in [5.74, 6) is -0.573. The van der Waals surface area contributed by atoms with Crippen LogP contribution in [0.3, 0.4) is 0 Å². The van der Waals surface area contributed by atoms with Gasteiger partial charge in [0.25, 0.3) is 0 Å². The molecule has 3 aromatic rings. The number of hydrogen-bond acceptors (Lipinski definition) is 3. The first-order chi connectivity index (χ1) is 17.3. The topological polar surface area (TPSA) is 35.6 Å². The Morgan fingerprint density at radius 2 is 1.69 bits per heavy atom. The summed E-state index contributed by atoms with van der Waals surface area (Å²) in [4.78, 5) is 18.1. The lowest BCUT2D eigenvalue weighted by Gasteiger charge is -2.49. The summed E-state index contributed by atoms with van der Waals surface area (Å²) in [6.45, 7) is 4.83. The largest absolute Gasteiger partial charge is 0.416 e. The molecule has 1 fully saturated rings. The molecule has 3 unspecified atom stereocenters. The Bertz CT molecular complexity index is 1200. The second-order valence-corrected chi connectivity index (χ2v) is 9.77. The molecule has 1 N–H and O–H groups in total. The Labute approximate surface area is 209 Å². The summed E-state index contributed by atoms with van der Waals surface area (Å²) in [6.07, 6.45) is -4.13. The predicted octanol–water partition coefficient (Wildman–Crippen LogP) is 5.45. The Kier molecular flexibility index (Phi) is 6.75. The predicted molar refractivity (Wildman–Crippen MR) is 134 cm³/mol. The highest BCUT2D eigenvalue weighted by molar-refractivity contribution is 5.82. The van der Waals surface area contributed by atoms with Crippen molar-refractivity contribution < 1.29 is 18.0 Å². The van der Waals surface area contributed by atoms with E-state index in [4.69, 9.17) is 0 Å². The molecule has 36 heavy (non-hydrogen) atoms. The fraction of sp³-hybridized carbons (Fsp3) is 0.345. The number of rotatable bonds is 5. The number of carbonyl (C=O) groups excluding carboxylic acids is 1. The van der Waals surface area contributed by atoms with Crippen LogP contribution in [0.2, 0.25) is 0 Å². The highest BCUT2D eigenvalue weighted by Gasteiger charge is 2.43. The highest BCUT2D eigenvalue weighted by Crippen LogP contribution is 2.40. The zero-order chi connectivity index (χ0) is 25.3. The fourth-order valence-electron chi connectivity index (χ4n) is 5.49. The van der Waals surface area contributed by atoms with Gasteiger partial charge in [-0.1, -0.05) is 60.7 Å². The molecule has 188 valence electrons. The third kappa shape index (κ3) is 5.12. The molecule has 0 saturated carbocycles. The summed E-state index contributed by atoms with van der Waals surface area (Å²) >= 11 is 0. The molecule has 2 heterocycles. The molecule has 0 spiro atoms. The summed E-state index contributed by atoms with van der Waals surface area (Å²) < 4.78 is 40.4. The van der Waals surface area contributed by atoms with Gasteiger partial charge < -0.3 is 10.2 Å². The van der Waals surface area contributed by atoms with Gasteiger partial charge >= 0.3 is 6.18 Å². The van der Waals surface area contributed by atoms with Crippen LogP contribution in [-0.2, 0) is 23.9 Å². The fourth-order valence-corrected chi connectivity index (χ4v) is 5.49. The highest BCUT2D eigenvalue weighted by atomic mass is 19.4. The van der Waals surface area contributed by atoms with Gasteiger partial charge in [0.05, 0.1) is 23.6 Å². The lowest BCUT2D eigenvalue weighted by Crippen LogP contribution is -2.61. The average molecular weight is 494 g/mol. The molecule has 2 aliphatic rings. The van der Waals surface area contributed by atoms with Crippen molar-refractivity contribution in [3.63, 3.8) is 0 Å². The van der Waals surface area contributed by atoms with E-state index in [0.717, 1.165) is 30.4 Å². The normalized spacial score (nSPS) is 20.8. The van der Waals surface area contributed by atoms with Gasteiger partial charge in [-0.15, -0.1) is 0 Å². The van der Waals surface area contributed by atoms with Crippen molar-refractivity contribution in [1.29, 1.82) is 0 Å². The molecule has 2 aliphatic heterocycles. The van der Waals surface area contributed by atoms with Gasteiger partial charge in [-0.3, -0.25) is 9.69 Å². The van der Waals surface area contributed by atoms with Gasteiger partial charge in [-0.05, 0) is 48.2 Å². The number of halogens is 3. The number of nitrogens with zero attached hydrogens (tertiary/aromatic N) is 2.